The molecule has 1 amide bonds. The maximum atomic E-state index is 12.4. The monoisotopic (exact) mass is 371 g/mol. The number of aromatic nitrogens is 3. The third-order valence-electron chi connectivity index (χ3n) is 4.40. The quantitative estimate of drug-likeness (QED) is 0.590. The first-order valence-electron chi connectivity index (χ1n) is 8.64. The minimum Gasteiger partial charge on any atom is -0.506 e. The number of aliphatic carboxylic acids is 1. The molecule has 1 aliphatic rings. The van der Waals surface area contributed by atoms with E-state index in [-0.39, 0.29) is 17.7 Å². The van der Waals surface area contributed by atoms with Gasteiger partial charge < -0.3 is 21.3 Å². The molecule has 1 atom stereocenters. The van der Waals surface area contributed by atoms with Gasteiger partial charge in [-0.1, -0.05) is 0 Å². The number of nitrogens with one attached hydrogen (secondary N) is 1. The van der Waals surface area contributed by atoms with Gasteiger partial charge in [0.15, 0.2) is 5.82 Å². The Kier molecular flexibility index (Phi) is 5.51. The third kappa shape index (κ3) is 4.50. The van der Waals surface area contributed by atoms with Crippen LogP contribution in [0.15, 0.2) is 42.0 Å². The van der Waals surface area contributed by atoms with Gasteiger partial charge in [-0.15, -0.1) is 0 Å². The predicted molar refractivity (Wildman–Crippen MR) is 96.0 cm³/mol. The summed E-state index contributed by atoms with van der Waals surface area (Å²) in [7, 11) is 0. The van der Waals surface area contributed by atoms with Gasteiger partial charge in [0.25, 0.3) is 0 Å². The average molecular weight is 371 g/mol. The van der Waals surface area contributed by atoms with Gasteiger partial charge in [0.2, 0.25) is 5.91 Å². The zero-order valence-corrected chi connectivity index (χ0v) is 14.6. The third-order valence-corrected chi connectivity index (χ3v) is 4.40. The molecule has 9 nitrogen and oxygen atoms in total. The second kappa shape index (κ2) is 8.00. The fourth-order valence-electron chi connectivity index (χ4n) is 2.97. The molecule has 0 saturated heterocycles. The van der Waals surface area contributed by atoms with Crippen LogP contribution in [-0.2, 0) is 16.0 Å². The maximum Gasteiger partial charge on any atom is 0.333 e. The molecule has 0 radical (unpaired) electrons. The van der Waals surface area contributed by atoms with Crippen LogP contribution in [0.3, 0.4) is 0 Å². The fraction of sp³-hybridized carbons (Fsp3) is 0.333. The van der Waals surface area contributed by atoms with Crippen molar-refractivity contribution in [3.63, 3.8) is 0 Å². The van der Waals surface area contributed by atoms with E-state index in [0.29, 0.717) is 24.4 Å². The lowest BCUT2D eigenvalue weighted by Crippen LogP contribution is -2.42. The number of carboxylic acid groups (broad SMARTS) is 1. The number of nitrogens with two attached hydrogens (primary N) is 1. The van der Waals surface area contributed by atoms with Crippen molar-refractivity contribution in [1.82, 2.24) is 20.1 Å². The van der Waals surface area contributed by atoms with Gasteiger partial charge in [-0.25, -0.2) is 14.5 Å². The van der Waals surface area contributed by atoms with Gasteiger partial charge in [0, 0.05) is 11.9 Å². The van der Waals surface area contributed by atoms with Crippen LogP contribution in [0.4, 0.5) is 0 Å². The zero-order chi connectivity index (χ0) is 19.4. The van der Waals surface area contributed by atoms with Gasteiger partial charge in [-0.2, -0.15) is 5.10 Å². The Bertz CT molecular complexity index is 872. The number of allylic oxidation sites excluding steroid dienone is 1. The number of amides is 1. The second-order valence-corrected chi connectivity index (χ2v) is 6.44. The largest absolute Gasteiger partial charge is 0.506 e. The second-order valence-electron chi connectivity index (χ2n) is 6.44. The van der Waals surface area contributed by atoms with E-state index >= 15 is 0 Å². The van der Waals surface area contributed by atoms with E-state index in [1.54, 1.807) is 18.5 Å². The van der Waals surface area contributed by atoms with Crippen LogP contribution in [0, 0.1) is 0 Å². The highest BCUT2D eigenvalue weighted by Gasteiger charge is 2.22. The Morgan fingerprint density at radius 2 is 2.04 bits per heavy atom. The molecule has 1 unspecified atom stereocenters. The number of hydrogen-bond acceptors (Lipinski definition) is 6. The first-order valence-corrected chi connectivity index (χ1v) is 8.64. The number of pyridine rings is 1. The van der Waals surface area contributed by atoms with Crippen LogP contribution in [0.5, 0.6) is 5.75 Å². The van der Waals surface area contributed by atoms with Crippen molar-refractivity contribution in [1.29, 1.82) is 0 Å². The van der Waals surface area contributed by atoms with E-state index in [0.717, 1.165) is 18.4 Å². The molecule has 5 N–H and O–H groups in total. The highest BCUT2D eigenvalue weighted by molar-refractivity contribution is 5.90. The summed E-state index contributed by atoms with van der Waals surface area (Å²) in [6.45, 7) is 0. The fourth-order valence-corrected chi connectivity index (χ4v) is 2.97. The Labute approximate surface area is 155 Å². The molecule has 2 heterocycles. The standard InChI is InChI=1S/C18H21N5O4/c19-14(17(25)22-15-4-2-1-3-13(15)18(26)27)7-11-8-21-23(10-11)16-6-5-12(24)9-20-16/h5-6,8-10,14,24H,1-4,7,19H2,(H,22,25)(H,26,27). The van der Waals surface area contributed by atoms with Gasteiger partial charge in [-0.3, -0.25) is 4.79 Å². The lowest BCUT2D eigenvalue weighted by molar-refractivity contribution is -0.133. The molecule has 0 aliphatic heterocycles. The Morgan fingerprint density at radius 3 is 2.74 bits per heavy atom. The number of nitrogens with zero attached hydrogens (tertiary/aromatic N) is 3. The first kappa shape index (κ1) is 18.6. The molecule has 1 aliphatic carbocycles. The van der Waals surface area contributed by atoms with E-state index in [1.807, 2.05) is 0 Å². The molecule has 0 fully saturated rings. The molecule has 142 valence electrons. The van der Waals surface area contributed by atoms with Gasteiger partial charge >= 0.3 is 5.97 Å². The normalized spacial score (nSPS) is 15.4. The van der Waals surface area contributed by atoms with Crippen LogP contribution in [0.1, 0.15) is 31.2 Å². The van der Waals surface area contributed by atoms with Crippen LogP contribution in [-0.4, -0.2) is 42.9 Å². The average Bonchev–Trinajstić information content (AvgIpc) is 3.11. The van der Waals surface area contributed by atoms with Crippen LogP contribution in [0.2, 0.25) is 0 Å². The van der Waals surface area contributed by atoms with Gasteiger partial charge in [0.1, 0.15) is 5.75 Å². The summed E-state index contributed by atoms with van der Waals surface area (Å²) in [5, 5.41) is 25.4. The summed E-state index contributed by atoms with van der Waals surface area (Å²) in [6, 6.07) is 2.28. The van der Waals surface area contributed by atoms with E-state index < -0.39 is 17.9 Å². The highest BCUT2D eigenvalue weighted by atomic mass is 16.4. The molecule has 3 rings (SSSR count). The van der Waals surface area contributed by atoms with Gasteiger partial charge in [0.05, 0.1) is 24.0 Å². The number of carbonyl (C=O) groups excluding carboxylic acids is 1. The molecule has 27 heavy (non-hydrogen) atoms. The van der Waals surface area contributed by atoms with E-state index in [4.69, 9.17) is 5.73 Å². The summed E-state index contributed by atoms with van der Waals surface area (Å²) in [4.78, 5) is 27.7. The number of aromatic hydroxyl groups is 1. The zero-order valence-electron chi connectivity index (χ0n) is 14.6. The van der Waals surface area contributed by atoms with Crippen LogP contribution < -0.4 is 11.1 Å². The molecule has 9 heteroatoms. The number of carbonyl (C=O) groups is 2. The Morgan fingerprint density at radius 1 is 1.26 bits per heavy atom. The van der Waals surface area contributed by atoms with Gasteiger partial charge in [-0.05, 0) is 49.8 Å². The maximum absolute atomic E-state index is 12.4. The molecule has 0 bridgehead atoms. The lowest BCUT2D eigenvalue weighted by atomic mass is 9.96. The summed E-state index contributed by atoms with van der Waals surface area (Å²) >= 11 is 0. The lowest BCUT2D eigenvalue weighted by Gasteiger charge is -2.20. The van der Waals surface area contributed by atoms with Crippen molar-refractivity contribution >= 4 is 11.9 Å². The van der Waals surface area contributed by atoms with Crippen molar-refractivity contribution in [2.24, 2.45) is 5.73 Å². The van der Waals surface area contributed by atoms with Crippen molar-refractivity contribution in [2.45, 2.75) is 38.1 Å². The van der Waals surface area contributed by atoms with Crippen molar-refractivity contribution in [2.75, 3.05) is 0 Å². The van der Waals surface area contributed by atoms with Crippen molar-refractivity contribution < 1.29 is 19.8 Å². The Balaban J connectivity index is 1.65. The minimum absolute atomic E-state index is 0.0579. The molecule has 0 saturated carbocycles. The summed E-state index contributed by atoms with van der Waals surface area (Å²) in [5.74, 6) is -0.833. The molecule has 2 aromatic rings. The molecular weight excluding hydrogens is 350 g/mol. The van der Waals surface area contributed by atoms with E-state index in [2.05, 4.69) is 15.4 Å². The van der Waals surface area contributed by atoms with Crippen molar-refractivity contribution in [3.05, 3.63) is 47.6 Å². The minimum atomic E-state index is -0.999. The predicted octanol–water partition coefficient (Wildman–Crippen LogP) is 0.872. The smallest absolute Gasteiger partial charge is 0.333 e. The SMILES string of the molecule is NC(Cc1cnn(-c2ccc(O)cn2)c1)C(=O)NC1=C(C(=O)O)CCCC1. The summed E-state index contributed by atoms with van der Waals surface area (Å²) < 4.78 is 1.52. The van der Waals surface area contributed by atoms with E-state index in [9.17, 15) is 19.8 Å². The summed E-state index contributed by atoms with van der Waals surface area (Å²) in [6.07, 6.45) is 7.48. The van der Waals surface area contributed by atoms with Crippen LogP contribution >= 0.6 is 0 Å². The molecule has 0 spiro atoms. The summed E-state index contributed by atoms with van der Waals surface area (Å²) in [5.41, 5.74) is 7.44. The molecule has 2 aromatic heterocycles. The van der Waals surface area contributed by atoms with Crippen LogP contribution in [0.25, 0.3) is 5.82 Å². The first-order chi connectivity index (χ1) is 12.9. The highest BCUT2D eigenvalue weighted by Crippen LogP contribution is 2.23. The number of rotatable bonds is 6. The number of carboxylic acids is 1. The topological polar surface area (TPSA) is 143 Å². The van der Waals surface area contributed by atoms with E-state index in [1.165, 1.54) is 16.9 Å². The van der Waals surface area contributed by atoms with Crippen molar-refractivity contribution in [3.8, 4) is 11.6 Å². The number of hydrogen-bond donors (Lipinski definition) is 4. The Hall–Kier alpha value is -3.20. The molecule has 0 aromatic carbocycles. The molecular formula is C18H21N5O4.